The molecule has 0 aromatic heterocycles. The molecule has 1 heterocycles. The molecule has 0 aliphatic carbocycles. The fourth-order valence-corrected chi connectivity index (χ4v) is 9.89. The fourth-order valence-electron chi connectivity index (χ4n) is 9.89. The molecular weight excluding hydrogens is 955 g/mol. The van der Waals surface area contributed by atoms with Gasteiger partial charge in [0, 0.05) is 6.42 Å². The highest BCUT2D eigenvalue weighted by Crippen LogP contribution is 2.26. The van der Waals surface area contributed by atoms with Gasteiger partial charge in [-0.3, -0.25) is 9.59 Å². The Morgan fingerprint density at radius 3 is 1.38 bits per heavy atom. The quantitative estimate of drug-likeness (QED) is 0.0195. The molecular formula is C65H119NO10. The fraction of sp³-hybridized carbons (Fsp3) is 0.846. The van der Waals surface area contributed by atoms with Gasteiger partial charge in [-0.2, -0.15) is 0 Å². The Bertz CT molecular complexity index is 1420. The van der Waals surface area contributed by atoms with Crippen molar-refractivity contribution in [2.75, 3.05) is 13.2 Å². The van der Waals surface area contributed by atoms with E-state index in [2.05, 4.69) is 62.5 Å². The molecule has 11 nitrogen and oxygen atoms in total. The van der Waals surface area contributed by atoms with Crippen molar-refractivity contribution in [3.8, 4) is 0 Å². The number of ether oxygens (including phenoxy) is 3. The number of carbonyl (C=O) groups is 2. The van der Waals surface area contributed by atoms with Crippen molar-refractivity contribution >= 4 is 11.9 Å². The normalized spacial score (nSPS) is 19.4. The van der Waals surface area contributed by atoms with Crippen molar-refractivity contribution < 1.29 is 49.3 Å². The molecule has 1 rings (SSSR count). The molecule has 11 heteroatoms. The maximum absolute atomic E-state index is 13.4. The third kappa shape index (κ3) is 40.8. The summed E-state index contributed by atoms with van der Waals surface area (Å²) in [6.07, 6.45) is 54.3. The number of nitrogens with one attached hydrogen (secondary N) is 1. The molecule has 1 fully saturated rings. The van der Waals surface area contributed by atoms with Crippen LogP contribution in [0.1, 0.15) is 290 Å². The Hall–Kier alpha value is -2.38. The lowest BCUT2D eigenvalue weighted by Gasteiger charge is -2.41. The van der Waals surface area contributed by atoms with Gasteiger partial charge in [0.1, 0.15) is 24.4 Å². The summed E-state index contributed by atoms with van der Waals surface area (Å²) in [4.78, 5) is 26.6. The van der Waals surface area contributed by atoms with E-state index in [1.165, 1.54) is 154 Å². The standard InChI is InChI=1S/C65H119NO10/c1-4-7-10-13-16-19-22-25-27-29-30-31-33-35-38-41-44-47-50-53-60(70)76-63-62(72)61(71)59(54-67)75-65(63)74-55-56(57(68)51-48-45-42-39-36-24-21-18-15-12-9-6-3)66-64(73)58(69)52-49-46-43-40-37-34-32-28-26-23-20-17-14-11-8-5-2/h16,19,25,27,30-31,48,51,56-59,61-63,65,67-69,71-72H,4-15,17-18,20-24,26,28-29,32-47,49-50,52-55H2,1-3H3,(H,66,73)/b19-16-,27-25-,31-30-,51-48+. The van der Waals surface area contributed by atoms with E-state index in [4.69, 9.17) is 14.2 Å². The number of aliphatic hydroxyl groups is 5. The lowest BCUT2D eigenvalue weighted by Crippen LogP contribution is -2.61. The van der Waals surface area contributed by atoms with E-state index in [1.54, 1.807) is 6.08 Å². The van der Waals surface area contributed by atoms with Crippen molar-refractivity contribution in [3.63, 3.8) is 0 Å². The van der Waals surface area contributed by atoms with Gasteiger partial charge >= 0.3 is 5.97 Å². The predicted molar refractivity (Wildman–Crippen MR) is 315 cm³/mol. The highest BCUT2D eigenvalue weighted by Gasteiger charge is 2.47. The second-order valence-electron chi connectivity index (χ2n) is 22.1. The molecule has 0 radical (unpaired) electrons. The second kappa shape index (κ2) is 53.3. The summed E-state index contributed by atoms with van der Waals surface area (Å²) in [6, 6.07) is -1.02. The molecule has 8 atom stereocenters. The van der Waals surface area contributed by atoms with Gasteiger partial charge in [0.2, 0.25) is 5.91 Å². The zero-order valence-electron chi connectivity index (χ0n) is 49.1. The highest BCUT2D eigenvalue weighted by atomic mass is 16.7. The van der Waals surface area contributed by atoms with E-state index in [1.807, 2.05) is 6.08 Å². The van der Waals surface area contributed by atoms with Gasteiger partial charge in [-0.15, -0.1) is 0 Å². The minimum atomic E-state index is -1.62. The summed E-state index contributed by atoms with van der Waals surface area (Å²) in [7, 11) is 0. The predicted octanol–water partition coefficient (Wildman–Crippen LogP) is 15.2. The monoisotopic (exact) mass is 1070 g/mol. The Balaban J connectivity index is 2.67. The van der Waals surface area contributed by atoms with E-state index in [-0.39, 0.29) is 13.0 Å². The summed E-state index contributed by atoms with van der Waals surface area (Å²) < 4.78 is 17.6. The van der Waals surface area contributed by atoms with Crippen molar-refractivity contribution in [2.24, 2.45) is 0 Å². The average molecular weight is 1070 g/mol. The third-order valence-corrected chi connectivity index (χ3v) is 15.0. The van der Waals surface area contributed by atoms with Crippen LogP contribution in [0, 0.1) is 0 Å². The van der Waals surface area contributed by atoms with Gasteiger partial charge in [-0.1, -0.05) is 268 Å². The summed E-state index contributed by atoms with van der Waals surface area (Å²) >= 11 is 0. The number of esters is 1. The van der Waals surface area contributed by atoms with Crippen molar-refractivity contribution in [2.45, 2.75) is 339 Å². The number of rotatable bonds is 54. The van der Waals surface area contributed by atoms with Crippen LogP contribution in [-0.2, 0) is 23.8 Å². The highest BCUT2D eigenvalue weighted by molar-refractivity contribution is 5.80. The van der Waals surface area contributed by atoms with Crippen LogP contribution in [0.4, 0.5) is 0 Å². The third-order valence-electron chi connectivity index (χ3n) is 15.0. The zero-order chi connectivity index (χ0) is 55.4. The number of hydrogen-bond donors (Lipinski definition) is 6. The Morgan fingerprint density at radius 1 is 0.513 bits per heavy atom. The van der Waals surface area contributed by atoms with Crippen LogP contribution < -0.4 is 5.32 Å². The van der Waals surface area contributed by atoms with Crippen LogP contribution in [0.3, 0.4) is 0 Å². The van der Waals surface area contributed by atoms with Gasteiger partial charge in [0.15, 0.2) is 12.4 Å². The molecule has 444 valence electrons. The lowest BCUT2D eigenvalue weighted by atomic mass is 9.99. The van der Waals surface area contributed by atoms with Crippen LogP contribution in [0.2, 0.25) is 0 Å². The maximum atomic E-state index is 13.4. The molecule has 0 spiro atoms. The summed E-state index contributed by atoms with van der Waals surface area (Å²) in [5.74, 6) is -1.20. The van der Waals surface area contributed by atoms with E-state index < -0.39 is 67.4 Å². The topological polar surface area (TPSA) is 175 Å². The minimum Gasteiger partial charge on any atom is -0.454 e. The van der Waals surface area contributed by atoms with Crippen molar-refractivity contribution in [1.29, 1.82) is 0 Å². The van der Waals surface area contributed by atoms with Gasteiger partial charge in [0.05, 0.1) is 25.4 Å². The molecule has 1 aliphatic rings. The maximum Gasteiger partial charge on any atom is 0.306 e. The molecule has 0 aromatic carbocycles. The number of carbonyl (C=O) groups excluding carboxylic acids is 2. The first-order valence-corrected chi connectivity index (χ1v) is 31.9. The molecule has 6 N–H and O–H groups in total. The van der Waals surface area contributed by atoms with Gasteiger partial charge in [0.25, 0.3) is 0 Å². The zero-order valence-corrected chi connectivity index (χ0v) is 49.1. The number of hydrogen-bond acceptors (Lipinski definition) is 10. The van der Waals surface area contributed by atoms with Crippen LogP contribution in [-0.4, -0.2) is 99.6 Å². The van der Waals surface area contributed by atoms with Gasteiger partial charge in [-0.05, 0) is 64.2 Å². The molecule has 8 unspecified atom stereocenters. The lowest BCUT2D eigenvalue weighted by molar-refractivity contribution is -0.305. The SMILES string of the molecule is CCCCC/C=C\C/C=C\C/C=C\CCCCCCCCC(=O)OC1C(OCC(NC(=O)C(O)CCCCCCCCCCCCCCCCCC)C(O)/C=C/CCCCCCCCCCCC)OC(CO)C(O)C1O. The van der Waals surface area contributed by atoms with Crippen LogP contribution in [0.15, 0.2) is 48.6 Å². The summed E-state index contributed by atoms with van der Waals surface area (Å²) in [6.45, 7) is 5.77. The molecule has 0 bridgehead atoms. The average Bonchev–Trinajstić information content (AvgIpc) is 3.42. The van der Waals surface area contributed by atoms with Crippen molar-refractivity contribution in [1.82, 2.24) is 5.32 Å². The Morgan fingerprint density at radius 2 is 0.908 bits per heavy atom. The number of allylic oxidation sites excluding steroid dienone is 7. The van der Waals surface area contributed by atoms with Crippen LogP contribution in [0.5, 0.6) is 0 Å². The second-order valence-corrected chi connectivity index (χ2v) is 22.1. The van der Waals surface area contributed by atoms with Crippen molar-refractivity contribution in [3.05, 3.63) is 48.6 Å². The number of unbranched alkanes of at least 4 members (excludes halogenated alkanes) is 34. The van der Waals surface area contributed by atoms with E-state index in [0.717, 1.165) is 89.9 Å². The number of amides is 1. The smallest absolute Gasteiger partial charge is 0.306 e. The largest absolute Gasteiger partial charge is 0.454 e. The molecule has 1 aliphatic heterocycles. The molecule has 0 saturated carbocycles. The van der Waals surface area contributed by atoms with Gasteiger partial charge in [-0.25, -0.2) is 0 Å². The summed E-state index contributed by atoms with van der Waals surface area (Å²) in [5, 5.41) is 57.0. The Labute approximate surface area is 466 Å². The molecule has 1 amide bonds. The first-order valence-electron chi connectivity index (χ1n) is 31.9. The number of aliphatic hydroxyl groups excluding tert-OH is 5. The molecule has 1 saturated heterocycles. The molecule has 0 aromatic rings. The molecule has 76 heavy (non-hydrogen) atoms. The van der Waals surface area contributed by atoms with E-state index >= 15 is 0 Å². The van der Waals surface area contributed by atoms with Gasteiger partial charge < -0.3 is 45.1 Å². The summed E-state index contributed by atoms with van der Waals surface area (Å²) in [5.41, 5.74) is 0. The first-order chi connectivity index (χ1) is 37.2. The Kier molecular flexibility index (Phi) is 50.2. The minimum absolute atomic E-state index is 0.110. The van der Waals surface area contributed by atoms with E-state index in [9.17, 15) is 35.1 Å². The van der Waals surface area contributed by atoms with Crippen LogP contribution >= 0.6 is 0 Å². The van der Waals surface area contributed by atoms with Crippen LogP contribution in [0.25, 0.3) is 0 Å². The van der Waals surface area contributed by atoms with E-state index in [0.29, 0.717) is 19.3 Å². The first kappa shape index (κ1) is 71.6.